The van der Waals surface area contributed by atoms with Crippen LogP contribution in [0.1, 0.15) is 41.0 Å². The lowest BCUT2D eigenvalue weighted by Gasteiger charge is -2.18. The van der Waals surface area contributed by atoms with Crippen LogP contribution in [0.3, 0.4) is 0 Å². The summed E-state index contributed by atoms with van der Waals surface area (Å²) in [5, 5.41) is 9.06. The van der Waals surface area contributed by atoms with E-state index < -0.39 is 30.8 Å². The van der Waals surface area contributed by atoms with E-state index in [4.69, 9.17) is 5.26 Å². The maximum Gasteiger partial charge on any atom is 0.268 e. The number of rotatable bonds is 6. The van der Waals surface area contributed by atoms with Crippen LogP contribution in [0.5, 0.6) is 0 Å². The number of imidazole rings is 1. The second-order valence-corrected chi connectivity index (χ2v) is 7.96. The Morgan fingerprint density at radius 2 is 2.03 bits per heavy atom. The summed E-state index contributed by atoms with van der Waals surface area (Å²) in [6, 6.07) is 9.84. The highest BCUT2D eigenvalue weighted by Crippen LogP contribution is 2.32. The van der Waals surface area contributed by atoms with Gasteiger partial charge in [-0.2, -0.15) is 5.26 Å². The van der Waals surface area contributed by atoms with E-state index in [0.717, 1.165) is 15.9 Å². The number of amides is 1. The van der Waals surface area contributed by atoms with E-state index in [2.05, 4.69) is 9.97 Å². The fraction of sp³-hybridized carbons (Fsp3) is 0.292. The number of likely N-dealkylation sites (tertiary alicyclic amines) is 1. The molecule has 168 valence electrons. The number of nitriles is 1. The largest absolute Gasteiger partial charge is 0.328 e. The molecule has 0 saturated carbocycles. The Morgan fingerprint density at radius 1 is 1.24 bits per heavy atom. The zero-order chi connectivity index (χ0) is 23.6. The van der Waals surface area contributed by atoms with E-state index >= 15 is 0 Å². The molecule has 0 unspecified atom stereocenters. The van der Waals surface area contributed by atoms with Crippen molar-refractivity contribution in [3.63, 3.8) is 0 Å². The fourth-order valence-electron chi connectivity index (χ4n) is 3.96. The molecule has 1 fully saturated rings. The van der Waals surface area contributed by atoms with Gasteiger partial charge in [-0.1, -0.05) is 12.1 Å². The zero-order valence-electron chi connectivity index (χ0n) is 17.9. The summed E-state index contributed by atoms with van der Waals surface area (Å²) in [7, 11) is 1.90. The first kappa shape index (κ1) is 22.3. The lowest BCUT2D eigenvalue weighted by molar-refractivity contribution is -0.132. The van der Waals surface area contributed by atoms with Gasteiger partial charge < -0.3 is 9.47 Å². The minimum absolute atomic E-state index is 0.157. The monoisotopic (exact) mass is 449 g/mol. The van der Waals surface area contributed by atoms with Crippen molar-refractivity contribution in [2.24, 2.45) is 7.05 Å². The SMILES string of the molecule is Cn1c(/C=C/c2cnccc2C(=O)CCC(=O)N2CC(F)(F)C[C@H]2C#N)nc2ccccc21. The van der Waals surface area contributed by atoms with Gasteiger partial charge in [0, 0.05) is 49.8 Å². The predicted molar refractivity (Wildman–Crippen MR) is 118 cm³/mol. The van der Waals surface area contributed by atoms with Crippen LogP contribution in [0.4, 0.5) is 8.78 Å². The number of pyridine rings is 1. The lowest BCUT2D eigenvalue weighted by atomic mass is 10.0. The standard InChI is InChI=1S/C24H21F2N5O2/c1-30-20-5-3-2-4-19(20)29-22(30)8-6-16-14-28-11-10-18(16)21(32)7-9-23(33)31-15-24(25,26)12-17(31)13-27/h2-6,8,10-11,14,17H,7,9,12,15H2,1H3/b8-6+/t17-/m0/s1. The third kappa shape index (κ3) is 4.65. The van der Waals surface area contributed by atoms with Crippen molar-refractivity contribution in [1.82, 2.24) is 19.4 Å². The number of ketones is 1. The van der Waals surface area contributed by atoms with Gasteiger partial charge in [0.15, 0.2) is 5.78 Å². The zero-order valence-corrected chi connectivity index (χ0v) is 17.9. The molecule has 4 rings (SSSR count). The number of alkyl halides is 2. The molecule has 0 N–H and O–H groups in total. The molecule has 1 aromatic carbocycles. The van der Waals surface area contributed by atoms with Crippen LogP contribution in [-0.2, 0) is 11.8 Å². The number of nitrogens with zero attached hydrogens (tertiary/aromatic N) is 5. The molecular weight excluding hydrogens is 428 g/mol. The van der Waals surface area contributed by atoms with E-state index in [1.54, 1.807) is 30.5 Å². The van der Waals surface area contributed by atoms with Crippen molar-refractivity contribution in [1.29, 1.82) is 5.26 Å². The van der Waals surface area contributed by atoms with Gasteiger partial charge in [0.05, 0.1) is 23.6 Å². The molecule has 0 aliphatic carbocycles. The Kier molecular flexibility index (Phi) is 6.01. The summed E-state index contributed by atoms with van der Waals surface area (Å²) in [5.74, 6) is -3.32. The number of para-hydroxylation sites is 2. The number of hydrogen-bond acceptors (Lipinski definition) is 5. The number of halogens is 2. The van der Waals surface area contributed by atoms with Gasteiger partial charge in [-0.3, -0.25) is 14.6 Å². The van der Waals surface area contributed by atoms with Gasteiger partial charge in [0.2, 0.25) is 5.91 Å². The second kappa shape index (κ2) is 8.90. The average molecular weight is 449 g/mol. The van der Waals surface area contributed by atoms with E-state index in [1.165, 1.54) is 6.20 Å². The summed E-state index contributed by atoms with van der Waals surface area (Å²) < 4.78 is 29.1. The minimum atomic E-state index is -3.08. The second-order valence-electron chi connectivity index (χ2n) is 7.96. The topological polar surface area (TPSA) is 91.9 Å². The summed E-state index contributed by atoms with van der Waals surface area (Å²) in [6.45, 7) is -0.792. The van der Waals surface area contributed by atoms with E-state index in [9.17, 15) is 18.4 Å². The number of aromatic nitrogens is 3. The highest BCUT2D eigenvalue weighted by atomic mass is 19.3. The summed E-state index contributed by atoms with van der Waals surface area (Å²) in [5.41, 5.74) is 2.76. The van der Waals surface area contributed by atoms with Gasteiger partial charge in [0.1, 0.15) is 11.9 Å². The van der Waals surface area contributed by atoms with Crippen LogP contribution in [0, 0.1) is 11.3 Å². The van der Waals surface area contributed by atoms with Crippen molar-refractivity contribution in [2.45, 2.75) is 31.2 Å². The molecule has 33 heavy (non-hydrogen) atoms. The van der Waals surface area contributed by atoms with E-state index in [-0.39, 0.29) is 18.6 Å². The van der Waals surface area contributed by atoms with Crippen LogP contribution in [-0.4, -0.2) is 49.6 Å². The van der Waals surface area contributed by atoms with Crippen LogP contribution < -0.4 is 0 Å². The van der Waals surface area contributed by atoms with Crippen molar-refractivity contribution in [3.8, 4) is 6.07 Å². The molecule has 2 aromatic heterocycles. The number of benzene rings is 1. The minimum Gasteiger partial charge on any atom is -0.328 e. The maximum absolute atomic E-state index is 13.6. The van der Waals surface area contributed by atoms with Crippen molar-refractivity contribution in [3.05, 3.63) is 59.7 Å². The molecule has 0 radical (unpaired) electrons. The van der Waals surface area contributed by atoms with Crippen LogP contribution in [0.25, 0.3) is 23.2 Å². The molecule has 1 amide bonds. The molecule has 3 heterocycles. The molecule has 1 saturated heterocycles. The first-order valence-electron chi connectivity index (χ1n) is 10.4. The molecule has 0 bridgehead atoms. The molecule has 0 spiro atoms. The third-order valence-corrected chi connectivity index (χ3v) is 5.69. The molecule has 7 nitrogen and oxygen atoms in total. The van der Waals surface area contributed by atoms with Gasteiger partial charge in [-0.05, 0) is 30.4 Å². The molecule has 3 aromatic rings. The smallest absolute Gasteiger partial charge is 0.268 e. The van der Waals surface area contributed by atoms with Crippen molar-refractivity contribution < 1.29 is 18.4 Å². The number of carbonyl (C=O) groups is 2. The Hall–Kier alpha value is -3.93. The molecule has 1 atom stereocenters. The van der Waals surface area contributed by atoms with Gasteiger partial charge in [-0.15, -0.1) is 0 Å². The Morgan fingerprint density at radius 3 is 2.79 bits per heavy atom. The molecular formula is C24H21F2N5O2. The normalized spacial score (nSPS) is 17.5. The van der Waals surface area contributed by atoms with E-state index in [1.807, 2.05) is 35.9 Å². The Balaban J connectivity index is 1.47. The predicted octanol–water partition coefficient (Wildman–Crippen LogP) is 3.86. The highest BCUT2D eigenvalue weighted by molar-refractivity contribution is 6.01. The highest BCUT2D eigenvalue weighted by Gasteiger charge is 2.47. The van der Waals surface area contributed by atoms with Crippen LogP contribution in [0.15, 0.2) is 42.7 Å². The fourth-order valence-corrected chi connectivity index (χ4v) is 3.96. The summed E-state index contributed by atoms with van der Waals surface area (Å²) in [4.78, 5) is 34.7. The molecule has 9 heteroatoms. The van der Waals surface area contributed by atoms with E-state index in [0.29, 0.717) is 17.0 Å². The quantitative estimate of drug-likeness (QED) is 0.533. The number of Topliss-reactive ketones (excluding diaryl/α,β-unsaturated/α-hetero) is 1. The summed E-state index contributed by atoms with van der Waals surface area (Å²) >= 11 is 0. The average Bonchev–Trinajstić information content (AvgIpc) is 3.31. The Bertz CT molecular complexity index is 1290. The van der Waals surface area contributed by atoms with Gasteiger partial charge in [0.25, 0.3) is 5.92 Å². The van der Waals surface area contributed by atoms with Gasteiger partial charge in [-0.25, -0.2) is 13.8 Å². The first-order chi connectivity index (χ1) is 15.8. The van der Waals surface area contributed by atoms with Crippen LogP contribution >= 0.6 is 0 Å². The number of carbonyl (C=O) groups excluding carboxylic acids is 2. The lowest BCUT2D eigenvalue weighted by Crippen LogP contribution is -2.36. The molecule has 1 aliphatic rings. The molecule has 1 aliphatic heterocycles. The number of aryl methyl sites for hydroxylation is 1. The summed E-state index contributed by atoms with van der Waals surface area (Å²) in [6.07, 6.45) is 5.46. The number of fused-ring (bicyclic) bond motifs is 1. The first-order valence-corrected chi connectivity index (χ1v) is 10.4. The third-order valence-electron chi connectivity index (χ3n) is 5.69. The van der Waals surface area contributed by atoms with Crippen molar-refractivity contribution in [2.75, 3.05) is 6.54 Å². The van der Waals surface area contributed by atoms with Gasteiger partial charge >= 0.3 is 0 Å². The Labute approximate surface area is 189 Å². The van der Waals surface area contributed by atoms with Crippen LogP contribution in [0.2, 0.25) is 0 Å². The maximum atomic E-state index is 13.6. The number of hydrogen-bond donors (Lipinski definition) is 0. The van der Waals surface area contributed by atoms with Crippen molar-refractivity contribution >= 4 is 34.9 Å².